The normalized spacial score (nSPS) is 26.3. The highest BCUT2D eigenvalue weighted by Gasteiger charge is 2.33. The van der Waals surface area contributed by atoms with Gasteiger partial charge in [0, 0.05) is 12.6 Å². The molecule has 124 valence electrons. The Kier molecular flexibility index (Phi) is 7.67. The zero-order valence-electron chi connectivity index (χ0n) is 14.6. The minimum absolute atomic E-state index is 0.119. The van der Waals surface area contributed by atoms with Gasteiger partial charge in [0.25, 0.3) is 0 Å². The second-order valence-electron chi connectivity index (χ2n) is 6.71. The van der Waals surface area contributed by atoms with Gasteiger partial charge in [0.05, 0.1) is 6.61 Å². The van der Waals surface area contributed by atoms with Crippen molar-refractivity contribution in [1.82, 2.24) is 10.2 Å². The molecule has 1 aliphatic rings. The smallest absolute Gasteiger partial charge is 0.326 e. The molecule has 1 heterocycles. The van der Waals surface area contributed by atoms with Crippen molar-refractivity contribution in [3.63, 3.8) is 0 Å². The van der Waals surface area contributed by atoms with Gasteiger partial charge in [0.1, 0.15) is 5.54 Å². The summed E-state index contributed by atoms with van der Waals surface area (Å²) >= 11 is 0. The van der Waals surface area contributed by atoms with Gasteiger partial charge in [-0.3, -0.25) is 4.79 Å². The number of rotatable bonds is 8. The van der Waals surface area contributed by atoms with Crippen LogP contribution in [0.25, 0.3) is 0 Å². The first-order chi connectivity index (χ1) is 9.92. The molecule has 21 heavy (non-hydrogen) atoms. The number of hydrogen-bond donors (Lipinski definition) is 1. The van der Waals surface area contributed by atoms with Gasteiger partial charge in [0.2, 0.25) is 0 Å². The Bertz CT molecular complexity index is 322. The van der Waals surface area contributed by atoms with Crippen LogP contribution in [-0.2, 0) is 9.53 Å². The van der Waals surface area contributed by atoms with E-state index < -0.39 is 5.54 Å². The Morgan fingerprint density at radius 1 is 1.33 bits per heavy atom. The second-order valence-corrected chi connectivity index (χ2v) is 6.71. The van der Waals surface area contributed by atoms with E-state index in [-0.39, 0.29) is 5.97 Å². The Balaban J connectivity index is 2.47. The maximum Gasteiger partial charge on any atom is 0.326 e. The first-order valence-electron chi connectivity index (χ1n) is 8.59. The summed E-state index contributed by atoms with van der Waals surface area (Å²) < 4.78 is 5.23. The third kappa shape index (κ3) is 5.59. The van der Waals surface area contributed by atoms with Crippen LogP contribution in [0.1, 0.15) is 60.3 Å². The summed E-state index contributed by atoms with van der Waals surface area (Å²) in [6.07, 6.45) is 4.50. The van der Waals surface area contributed by atoms with Crippen molar-refractivity contribution in [3.05, 3.63) is 0 Å². The quantitative estimate of drug-likeness (QED) is 0.700. The van der Waals surface area contributed by atoms with Crippen molar-refractivity contribution in [2.45, 2.75) is 71.9 Å². The minimum atomic E-state index is -0.546. The van der Waals surface area contributed by atoms with Gasteiger partial charge in [-0.2, -0.15) is 0 Å². The molecule has 0 spiro atoms. The van der Waals surface area contributed by atoms with Crippen LogP contribution in [0.2, 0.25) is 0 Å². The van der Waals surface area contributed by atoms with E-state index in [0.717, 1.165) is 31.8 Å². The van der Waals surface area contributed by atoms with Crippen molar-refractivity contribution >= 4 is 5.97 Å². The van der Waals surface area contributed by atoms with Crippen LogP contribution >= 0.6 is 0 Å². The van der Waals surface area contributed by atoms with Crippen LogP contribution in [-0.4, -0.2) is 48.7 Å². The molecule has 4 nitrogen and oxygen atoms in total. The van der Waals surface area contributed by atoms with Crippen LogP contribution in [0.5, 0.6) is 0 Å². The van der Waals surface area contributed by atoms with Crippen LogP contribution in [0.4, 0.5) is 0 Å². The van der Waals surface area contributed by atoms with Crippen LogP contribution in [0, 0.1) is 5.92 Å². The number of ether oxygens (including phenoxy) is 1. The average Bonchev–Trinajstić information content (AvgIpc) is 2.43. The van der Waals surface area contributed by atoms with E-state index in [9.17, 15) is 4.79 Å². The fourth-order valence-electron chi connectivity index (χ4n) is 3.27. The third-order valence-corrected chi connectivity index (χ3v) is 4.66. The van der Waals surface area contributed by atoms with E-state index in [4.69, 9.17) is 4.74 Å². The summed E-state index contributed by atoms with van der Waals surface area (Å²) in [4.78, 5) is 14.7. The Morgan fingerprint density at radius 2 is 2.05 bits per heavy atom. The largest absolute Gasteiger partial charge is 0.465 e. The average molecular weight is 298 g/mol. The van der Waals surface area contributed by atoms with Crippen molar-refractivity contribution in [3.8, 4) is 0 Å². The SMILES string of the molecule is CCNC(C)(CCCN1CC(C)CCC1C)C(=O)OCC. The van der Waals surface area contributed by atoms with Gasteiger partial charge < -0.3 is 15.0 Å². The molecule has 3 atom stereocenters. The molecule has 1 saturated heterocycles. The predicted octanol–water partition coefficient (Wildman–Crippen LogP) is 2.82. The molecule has 1 aliphatic heterocycles. The van der Waals surface area contributed by atoms with Crippen molar-refractivity contribution < 1.29 is 9.53 Å². The number of esters is 1. The lowest BCUT2D eigenvalue weighted by Crippen LogP contribution is -2.51. The van der Waals surface area contributed by atoms with E-state index in [2.05, 4.69) is 24.1 Å². The lowest BCUT2D eigenvalue weighted by Gasteiger charge is -2.37. The second kappa shape index (κ2) is 8.74. The summed E-state index contributed by atoms with van der Waals surface area (Å²) in [6, 6.07) is 0.675. The molecule has 0 radical (unpaired) electrons. The van der Waals surface area contributed by atoms with Crippen molar-refractivity contribution in [1.29, 1.82) is 0 Å². The van der Waals surface area contributed by atoms with Gasteiger partial charge in [-0.05, 0) is 65.5 Å². The molecule has 0 aromatic heterocycles. The maximum absolute atomic E-state index is 12.2. The maximum atomic E-state index is 12.2. The van der Waals surface area contributed by atoms with E-state index in [1.807, 2.05) is 20.8 Å². The fourth-order valence-corrected chi connectivity index (χ4v) is 3.27. The van der Waals surface area contributed by atoms with Gasteiger partial charge in [0.15, 0.2) is 0 Å². The van der Waals surface area contributed by atoms with Crippen LogP contribution in [0.3, 0.4) is 0 Å². The Morgan fingerprint density at radius 3 is 2.67 bits per heavy atom. The number of likely N-dealkylation sites (tertiary alicyclic amines) is 1. The van der Waals surface area contributed by atoms with Crippen LogP contribution in [0.15, 0.2) is 0 Å². The highest BCUT2D eigenvalue weighted by Crippen LogP contribution is 2.23. The van der Waals surface area contributed by atoms with E-state index in [0.29, 0.717) is 12.6 Å². The number of nitrogens with one attached hydrogen (secondary N) is 1. The number of hydrogen-bond acceptors (Lipinski definition) is 4. The summed E-state index contributed by atoms with van der Waals surface area (Å²) in [5, 5.41) is 3.31. The standard InChI is InChI=1S/C17H34N2O2/c1-6-18-17(5,16(20)21-7-2)11-8-12-19-13-14(3)9-10-15(19)4/h14-15,18H,6-13H2,1-5H3. The molecule has 3 unspecified atom stereocenters. The van der Waals surface area contributed by atoms with Gasteiger partial charge in [-0.1, -0.05) is 13.8 Å². The molecule has 0 amide bonds. The van der Waals surface area contributed by atoms with Gasteiger partial charge in [-0.25, -0.2) is 0 Å². The van der Waals surface area contributed by atoms with Crippen LogP contribution < -0.4 is 5.32 Å². The molecular weight excluding hydrogens is 264 g/mol. The van der Waals surface area contributed by atoms with E-state index >= 15 is 0 Å². The fraction of sp³-hybridized carbons (Fsp3) is 0.941. The molecule has 4 heteroatoms. The molecule has 0 aliphatic carbocycles. The number of carbonyl (C=O) groups is 1. The van der Waals surface area contributed by atoms with Gasteiger partial charge >= 0.3 is 5.97 Å². The predicted molar refractivity (Wildman–Crippen MR) is 87.4 cm³/mol. The zero-order chi connectivity index (χ0) is 15.9. The van der Waals surface area contributed by atoms with E-state index in [1.54, 1.807) is 0 Å². The zero-order valence-corrected chi connectivity index (χ0v) is 14.6. The Labute approximate surface area is 130 Å². The molecule has 0 bridgehead atoms. The molecule has 0 aromatic carbocycles. The highest BCUT2D eigenvalue weighted by molar-refractivity contribution is 5.80. The number of nitrogens with zero attached hydrogens (tertiary/aromatic N) is 1. The first-order valence-corrected chi connectivity index (χ1v) is 8.59. The summed E-state index contributed by atoms with van der Waals surface area (Å²) in [5.74, 6) is 0.679. The molecule has 1 fully saturated rings. The molecular formula is C17H34N2O2. The summed E-state index contributed by atoms with van der Waals surface area (Å²) in [5.41, 5.74) is -0.546. The third-order valence-electron chi connectivity index (χ3n) is 4.66. The minimum Gasteiger partial charge on any atom is -0.465 e. The molecule has 1 rings (SSSR count). The molecule has 1 N–H and O–H groups in total. The van der Waals surface area contributed by atoms with Crippen molar-refractivity contribution in [2.75, 3.05) is 26.2 Å². The summed E-state index contributed by atoms with van der Waals surface area (Å²) in [7, 11) is 0. The lowest BCUT2D eigenvalue weighted by atomic mass is 9.92. The lowest BCUT2D eigenvalue weighted by molar-refractivity contribution is -0.150. The number of carbonyl (C=O) groups excluding carboxylic acids is 1. The first kappa shape index (κ1) is 18.4. The highest BCUT2D eigenvalue weighted by atomic mass is 16.5. The Hall–Kier alpha value is -0.610. The molecule has 0 aromatic rings. The number of piperidine rings is 1. The summed E-state index contributed by atoms with van der Waals surface area (Å²) in [6.45, 7) is 14.0. The monoisotopic (exact) mass is 298 g/mol. The van der Waals surface area contributed by atoms with E-state index in [1.165, 1.54) is 19.4 Å². The van der Waals surface area contributed by atoms with Crippen molar-refractivity contribution in [2.24, 2.45) is 5.92 Å². The van der Waals surface area contributed by atoms with Gasteiger partial charge in [-0.15, -0.1) is 0 Å². The molecule has 0 saturated carbocycles. The topological polar surface area (TPSA) is 41.6 Å². The number of likely N-dealkylation sites (N-methyl/N-ethyl adjacent to an activating group) is 1.